The van der Waals surface area contributed by atoms with Gasteiger partial charge in [0, 0.05) is 23.0 Å². The number of nitrogens with zero attached hydrogens (tertiary/aromatic N) is 2. The van der Waals surface area contributed by atoms with Gasteiger partial charge in [0.1, 0.15) is 6.17 Å². The average Bonchev–Trinajstić information content (AvgIpc) is 3.35. The Morgan fingerprint density at radius 1 is 1.29 bits per heavy atom. The fourth-order valence-electron chi connectivity index (χ4n) is 4.49. The van der Waals surface area contributed by atoms with Gasteiger partial charge in [-0.25, -0.2) is 9.07 Å². The minimum absolute atomic E-state index is 0.0617. The molecule has 186 valence electrons. The Bertz CT molecular complexity index is 1210. The van der Waals surface area contributed by atoms with Gasteiger partial charge in [-0.05, 0) is 61.9 Å². The second-order valence-electron chi connectivity index (χ2n) is 8.89. The first-order valence-electron chi connectivity index (χ1n) is 11.2. The van der Waals surface area contributed by atoms with E-state index in [0.717, 1.165) is 17.7 Å². The maximum absolute atomic E-state index is 13.9. The van der Waals surface area contributed by atoms with Gasteiger partial charge in [-0.2, -0.15) is 13.9 Å². The summed E-state index contributed by atoms with van der Waals surface area (Å²) >= 11 is 9.91. The third kappa shape index (κ3) is 5.37. The minimum atomic E-state index is -3.42. The van der Waals surface area contributed by atoms with Crippen molar-refractivity contribution in [3.05, 3.63) is 82.1 Å². The summed E-state index contributed by atoms with van der Waals surface area (Å²) < 4.78 is 43.0. The van der Waals surface area contributed by atoms with E-state index in [1.54, 1.807) is 31.2 Å². The standard InChI is InChI=1S/C25H25ClF3N3O2S/c1-15-4-2-5-19(21(15)26)22(24(34)10-8-17(27)9-11-24)31-23(33)18-7-6-16(25(28,29)35)14-20(18)32-13-3-12-30-32/h2-7,12-14,17,22,34-35H,8-11H2,1H3,(H,31,33). The molecule has 0 spiro atoms. The van der Waals surface area contributed by atoms with E-state index >= 15 is 0 Å². The molecular weight excluding hydrogens is 499 g/mol. The van der Waals surface area contributed by atoms with Gasteiger partial charge < -0.3 is 10.4 Å². The number of carbonyl (C=O) groups is 1. The van der Waals surface area contributed by atoms with Gasteiger partial charge in [0.05, 0.1) is 22.9 Å². The quantitative estimate of drug-likeness (QED) is 0.351. The first-order valence-corrected chi connectivity index (χ1v) is 12.0. The van der Waals surface area contributed by atoms with Crippen LogP contribution in [0.3, 0.4) is 0 Å². The molecule has 1 fully saturated rings. The summed E-state index contributed by atoms with van der Waals surface area (Å²) in [6, 6.07) is 9.45. The Morgan fingerprint density at radius 2 is 2.00 bits per heavy atom. The Labute approximate surface area is 211 Å². The highest BCUT2D eigenvalue weighted by Gasteiger charge is 2.43. The van der Waals surface area contributed by atoms with Crippen LogP contribution in [0.25, 0.3) is 5.69 Å². The molecule has 10 heteroatoms. The van der Waals surface area contributed by atoms with Crippen LogP contribution in [-0.4, -0.2) is 32.6 Å². The lowest BCUT2D eigenvalue weighted by Crippen LogP contribution is -2.48. The highest BCUT2D eigenvalue weighted by atomic mass is 35.5. The second-order valence-corrected chi connectivity index (χ2v) is 9.83. The van der Waals surface area contributed by atoms with Crippen molar-refractivity contribution < 1.29 is 23.1 Å². The van der Waals surface area contributed by atoms with Crippen LogP contribution in [0.4, 0.5) is 13.2 Å². The van der Waals surface area contributed by atoms with Crippen molar-refractivity contribution in [3.8, 4) is 5.69 Å². The molecule has 0 bridgehead atoms. The smallest absolute Gasteiger partial charge is 0.316 e. The SMILES string of the molecule is Cc1cccc(C(NC(=O)c2ccc(C(F)(F)S)cc2-n2cccn2)C2(O)CCC(F)CC2)c1Cl. The second kappa shape index (κ2) is 9.87. The molecule has 1 aliphatic rings. The van der Waals surface area contributed by atoms with Gasteiger partial charge >= 0.3 is 5.25 Å². The zero-order chi connectivity index (χ0) is 25.4. The van der Waals surface area contributed by atoms with E-state index in [1.807, 2.05) is 0 Å². The molecule has 1 unspecified atom stereocenters. The highest BCUT2D eigenvalue weighted by Crippen LogP contribution is 2.42. The van der Waals surface area contributed by atoms with Crippen LogP contribution in [0, 0.1) is 6.92 Å². The molecule has 1 heterocycles. The molecule has 4 rings (SSSR count). The van der Waals surface area contributed by atoms with Crippen molar-refractivity contribution in [2.75, 3.05) is 0 Å². The van der Waals surface area contributed by atoms with E-state index in [2.05, 4.69) is 23.0 Å². The molecule has 0 saturated heterocycles. The van der Waals surface area contributed by atoms with Crippen molar-refractivity contribution in [2.24, 2.45) is 0 Å². The van der Waals surface area contributed by atoms with Crippen molar-refractivity contribution >= 4 is 30.1 Å². The van der Waals surface area contributed by atoms with Gasteiger partial charge in [0.15, 0.2) is 0 Å². The molecule has 1 saturated carbocycles. The largest absolute Gasteiger partial charge is 0.387 e. The third-order valence-corrected chi connectivity index (χ3v) is 7.24. The van der Waals surface area contributed by atoms with Gasteiger partial charge in [-0.3, -0.25) is 4.79 Å². The number of aromatic nitrogens is 2. The minimum Gasteiger partial charge on any atom is -0.387 e. The number of amides is 1. The summed E-state index contributed by atoms with van der Waals surface area (Å²) in [4.78, 5) is 13.6. The molecule has 35 heavy (non-hydrogen) atoms. The average molecular weight is 524 g/mol. The molecule has 1 atom stereocenters. The van der Waals surface area contributed by atoms with Gasteiger partial charge in [-0.1, -0.05) is 35.9 Å². The van der Waals surface area contributed by atoms with Crippen LogP contribution < -0.4 is 5.32 Å². The molecule has 1 aromatic heterocycles. The molecule has 2 aromatic carbocycles. The van der Waals surface area contributed by atoms with Crippen molar-refractivity contribution in [3.63, 3.8) is 0 Å². The maximum atomic E-state index is 13.9. The molecular formula is C25H25ClF3N3O2S. The predicted octanol–water partition coefficient (Wildman–Crippen LogP) is 5.93. The number of alkyl halides is 3. The first kappa shape index (κ1) is 25.6. The predicted molar refractivity (Wildman–Crippen MR) is 131 cm³/mol. The number of aliphatic hydroxyl groups is 1. The lowest BCUT2D eigenvalue weighted by atomic mass is 9.76. The molecule has 5 nitrogen and oxygen atoms in total. The number of benzene rings is 2. The van der Waals surface area contributed by atoms with E-state index in [-0.39, 0.29) is 36.9 Å². The Morgan fingerprint density at radius 3 is 2.63 bits per heavy atom. The Kier molecular flexibility index (Phi) is 7.22. The Balaban J connectivity index is 1.77. The first-order chi connectivity index (χ1) is 16.5. The van der Waals surface area contributed by atoms with E-state index in [9.17, 15) is 23.1 Å². The number of nitrogens with one attached hydrogen (secondary N) is 1. The molecule has 3 aromatic rings. The fourth-order valence-corrected chi connectivity index (χ4v) is 4.86. The summed E-state index contributed by atoms with van der Waals surface area (Å²) in [5.41, 5.74) is -0.415. The third-order valence-electron chi connectivity index (χ3n) is 6.47. The van der Waals surface area contributed by atoms with Crippen molar-refractivity contribution in [1.29, 1.82) is 0 Å². The van der Waals surface area contributed by atoms with Gasteiger partial charge in [-0.15, -0.1) is 12.6 Å². The zero-order valence-electron chi connectivity index (χ0n) is 18.9. The summed E-state index contributed by atoms with van der Waals surface area (Å²) in [6.07, 6.45) is 2.51. The van der Waals surface area contributed by atoms with Crippen LogP contribution in [0.2, 0.25) is 5.02 Å². The normalized spacial score (nSPS) is 21.5. The maximum Gasteiger partial charge on any atom is 0.316 e. The topological polar surface area (TPSA) is 67.2 Å². The van der Waals surface area contributed by atoms with E-state index in [0.29, 0.717) is 10.6 Å². The number of hydrogen-bond donors (Lipinski definition) is 3. The van der Waals surface area contributed by atoms with E-state index in [1.165, 1.54) is 23.1 Å². The van der Waals surface area contributed by atoms with E-state index < -0.39 is 34.5 Å². The summed E-state index contributed by atoms with van der Waals surface area (Å²) in [6.45, 7) is 1.80. The van der Waals surface area contributed by atoms with Crippen LogP contribution in [0.5, 0.6) is 0 Å². The van der Waals surface area contributed by atoms with Crippen LogP contribution in [0.1, 0.15) is 58.8 Å². The number of hydrogen-bond acceptors (Lipinski definition) is 4. The van der Waals surface area contributed by atoms with Crippen molar-refractivity contribution in [2.45, 2.75) is 55.7 Å². The number of thiol groups is 1. The number of halogens is 4. The number of carbonyl (C=O) groups excluding carboxylic acids is 1. The van der Waals surface area contributed by atoms with Crippen molar-refractivity contribution in [1.82, 2.24) is 15.1 Å². The lowest BCUT2D eigenvalue weighted by molar-refractivity contribution is -0.0445. The highest BCUT2D eigenvalue weighted by molar-refractivity contribution is 7.81. The van der Waals surface area contributed by atoms with Gasteiger partial charge in [0.2, 0.25) is 0 Å². The molecule has 0 aliphatic heterocycles. The molecule has 1 aliphatic carbocycles. The molecule has 1 amide bonds. The fraction of sp³-hybridized carbons (Fsp3) is 0.360. The lowest BCUT2D eigenvalue weighted by Gasteiger charge is -2.41. The Hall–Kier alpha value is -2.49. The summed E-state index contributed by atoms with van der Waals surface area (Å²) in [5.74, 6) is -0.622. The number of rotatable bonds is 6. The molecule has 2 N–H and O–H groups in total. The van der Waals surface area contributed by atoms with Crippen LogP contribution in [-0.2, 0) is 5.25 Å². The van der Waals surface area contributed by atoms with Gasteiger partial charge in [0.25, 0.3) is 5.91 Å². The monoisotopic (exact) mass is 523 g/mol. The molecule has 0 radical (unpaired) electrons. The van der Waals surface area contributed by atoms with Crippen LogP contribution >= 0.6 is 24.2 Å². The number of aryl methyl sites for hydroxylation is 1. The van der Waals surface area contributed by atoms with E-state index in [4.69, 9.17) is 11.6 Å². The summed E-state index contributed by atoms with van der Waals surface area (Å²) in [7, 11) is 0. The van der Waals surface area contributed by atoms with Crippen LogP contribution in [0.15, 0.2) is 54.9 Å². The zero-order valence-corrected chi connectivity index (χ0v) is 20.5. The summed E-state index contributed by atoms with van der Waals surface area (Å²) in [5, 5.41) is 15.5.